The fourth-order valence-corrected chi connectivity index (χ4v) is 4.84. The number of amides is 3. The van der Waals surface area contributed by atoms with Crippen LogP contribution in [0.5, 0.6) is 0 Å². The number of carbonyl (C=O) groups excluding carboxylic acids is 3. The van der Waals surface area contributed by atoms with E-state index in [1.54, 1.807) is 12.1 Å². The van der Waals surface area contributed by atoms with Gasteiger partial charge in [0, 0.05) is 12.2 Å². The second kappa shape index (κ2) is 11.7. The molecule has 4 rings (SSSR count). The zero-order valence-corrected chi connectivity index (χ0v) is 21.4. The van der Waals surface area contributed by atoms with E-state index in [0.717, 1.165) is 22.7 Å². The van der Waals surface area contributed by atoms with Gasteiger partial charge in [0.15, 0.2) is 5.69 Å². The maximum absolute atomic E-state index is 14.1. The standard InChI is InChI=1S/C28H26FN5O3S/c1-2-18-10-6-7-11-21(18)34(28(37)25-22(30)23(26(31)35)33-38-25)24(19-12-14-20(29)15-13-19)27(36)32-16-17-8-4-3-5-9-17/h3-15,24H,2,16,30H2,1H3,(H2,31,35)(H,32,36)/t24-/m1/s1. The minimum atomic E-state index is -1.20. The number of primary amides is 1. The van der Waals surface area contributed by atoms with E-state index in [0.29, 0.717) is 17.7 Å². The Bertz CT molecular complexity index is 1460. The van der Waals surface area contributed by atoms with Gasteiger partial charge in [-0.05, 0) is 52.8 Å². The molecular weight excluding hydrogens is 505 g/mol. The van der Waals surface area contributed by atoms with Crippen molar-refractivity contribution in [2.75, 3.05) is 10.6 Å². The van der Waals surface area contributed by atoms with Crippen LogP contribution in [0.15, 0.2) is 78.9 Å². The molecule has 0 bridgehead atoms. The van der Waals surface area contributed by atoms with Gasteiger partial charge in [-0.25, -0.2) is 4.39 Å². The van der Waals surface area contributed by atoms with E-state index in [1.165, 1.54) is 29.2 Å². The number of carbonyl (C=O) groups is 3. The highest BCUT2D eigenvalue weighted by molar-refractivity contribution is 7.09. The van der Waals surface area contributed by atoms with Gasteiger partial charge in [0.1, 0.15) is 16.7 Å². The van der Waals surface area contributed by atoms with E-state index in [-0.39, 0.29) is 22.8 Å². The number of rotatable bonds is 9. The topological polar surface area (TPSA) is 131 Å². The fourth-order valence-electron chi connectivity index (χ4n) is 4.09. The maximum atomic E-state index is 14.1. The molecule has 1 atom stereocenters. The van der Waals surface area contributed by atoms with Crippen molar-refractivity contribution in [3.05, 3.63) is 112 Å². The number of nitrogens with two attached hydrogens (primary N) is 2. The summed E-state index contributed by atoms with van der Waals surface area (Å²) < 4.78 is 17.8. The van der Waals surface area contributed by atoms with E-state index in [9.17, 15) is 18.8 Å². The van der Waals surface area contributed by atoms with Crippen molar-refractivity contribution < 1.29 is 18.8 Å². The van der Waals surface area contributed by atoms with Crippen LogP contribution in [0.1, 0.15) is 49.8 Å². The normalized spacial score (nSPS) is 11.5. The van der Waals surface area contributed by atoms with Crippen LogP contribution in [0.25, 0.3) is 0 Å². The second-order valence-corrected chi connectivity index (χ2v) is 9.23. The van der Waals surface area contributed by atoms with Crippen molar-refractivity contribution in [3.8, 4) is 0 Å². The summed E-state index contributed by atoms with van der Waals surface area (Å²) in [5, 5.41) is 2.90. The number of hydrogen-bond donors (Lipinski definition) is 3. The minimum Gasteiger partial charge on any atom is -0.395 e. The molecule has 194 valence electrons. The number of nitrogens with zero attached hydrogens (tertiary/aromatic N) is 2. The van der Waals surface area contributed by atoms with Crippen LogP contribution in [0.2, 0.25) is 0 Å². The maximum Gasteiger partial charge on any atom is 0.273 e. The molecule has 0 saturated heterocycles. The first kappa shape index (κ1) is 26.5. The Morgan fingerprint density at radius 2 is 1.66 bits per heavy atom. The summed E-state index contributed by atoms with van der Waals surface area (Å²) in [4.78, 5) is 41.0. The first-order chi connectivity index (χ1) is 18.3. The molecule has 3 amide bonds. The van der Waals surface area contributed by atoms with E-state index >= 15 is 0 Å². The van der Waals surface area contributed by atoms with Crippen molar-refractivity contribution in [3.63, 3.8) is 0 Å². The van der Waals surface area contributed by atoms with E-state index < -0.39 is 29.6 Å². The van der Waals surface area contributed by atoms with Gasteiger partial charge >= 0.3 is 0 Å². The molecule has 0 fully saturated rings. The third kappa shape index (κ3) is 5.55. The molecule has 0 spiro atoms. The highest BCUT2D eigenvalue weighted by Crippen LogP contribution is 2.35. The lowest BCUT2D eigenvalue weighted by atomic mass is 10.00. The van der Waals surface area contributed by atoms with E-state index in [2.05, 4.69) is 9.69 Å². The molecule has 3 aromatic carbocycles. The number of aromatic nitrogens is 1. The van der Waals surface area contributed by atoms with Crippen LogP contribution in [-0.2, 0) is 17.8 Å². The minimum absolute atomic E-state index is 0.0346. The van der Waals surface area contributed by atoms with Crippen molar-refractivity contribution in [1.29, 1.82) is 0 Å². The first-order valence-corrected chi connectivity index (χ1v) is 12.6. The third-order valence-corrected chi connectivity index (χ3v) is 6.86. The lowest BCUT2D eigenvalue weighted by Gasteiger charge is -2.32. The average Bonchev–Trinajstić information content (AvgIpc) is 3.32. The van der Waals surface area contributed by atoms with Gasteiger partial charge in [-0.1, -0.05) is 67.6 Å². The number of hydrogen-bond acceptors (Lipinski definition) is 6. The Kier molecular flexibility index (Phi) is 8.12. The molecule has 5 N–H and O–H groups in total. The fraction of sp³-hybridized carbons (Fsp3) is 0.143. The number of nitrogens with one attached hydrogen (secondary N) is 1. The average molecular weight is 532 g/mol. The van der Waals surface area contributed by atoms with Crippen molar-refractivity contribution in [2.45, 2.75) is 25.9 Å². The molecule has 0 aliphatic heterocycles. The van der Waals surface area contributed by atoms with Gasteiger partial charge in [0.05, 0.1) is 5.69 Å². The molecule has 0 radical (unpaired) electrons. The smallest absolute Gasteiger partial charge is 0.273 e. The van der Waals surface area contributed by atoms with Crippen LogP contribution in [0.4, 0.5) is 15.8 Å². The number of nitrogen functional groups attached to an aromatic ring is 1. The van der Waals surface area contributed by atoms with Gasteiger partial charge in [0.2, 0.25) is 5.91 Å². The SMILES string of the molecule is CCc1ccccc1N(C(=O)c1snc(C(N)=O)c1N)[C@@H](C(=O)NCc1ccccc1)c1ccc(F)cc1. The quantitative estimate of drug-likeness (QED) is 0.297. The summed E-state index contributed by atoms with van der Waals surface area (Å²) >= 11 is 0.727. The number of para-hydroxylation sites is 1. The summed E-state index contributed by atoms with van der Waals surface area (Å²) in [5.41, 5.74) is 13.6. The molecule has 8 nitrogen and oxygen atoms in total. The van der Waals surface area contributed by atoms with Crippen LogP contribution >= 0.6 is 11.5 Å². The summed E-state index contributed by atoms with van der Waals surface area (Å²) in [6, 6.07) is 20.7. The molecule has 1 heterocycles. The van der Waals surface area contributed by atoms with Crippen LogP contribution < -0.4 is 21.7 Å². The molecule has 38 heavy (non-hydrogen) atoms. The second-order valence-electron chi connectivity index (χ2n) is 8.45. The Morgan fingerprint density at radius 1 is 1.00 bits per heavy atom. The van der Waals surface area contributed by atoms with Crippen LogP contribution in [0, 0.1) is 5.82 Å². The molecule has 0 aliphatic rings. The highest BCUT2D eigenvalue weighted by atomic mass is 32.1. The van der Waals surface area contributed by atoms with E-state index in [1.807, 2.05) is 49.4 Å². The summed E-state index contributed by atoms with van der Waals surface area (Å²) in [6.45, 7) is 2.14. The van der Waals surface area contributed by atoms with Gasteiger partial charge in [0.25, 0.3) is 11.8 Å². The Balaban J connectivity index is 1.86. The molecule has 0 aliphatic carbocycles. The number of aryl methyl sites for hydroxylation is 1. The van der Waals surface area contributed by atoms with Gasteiger partial charge in [-0.3, -0.25) is 19.3 Å². The molecule has 10 heteroatoms. The predicted octanol–water partition coefficient (Wildman–Crippen LogP) is 4.23. The van der Waals surface area contributed by atoms with Crippen molar-refractivity contribution in [2.24, 2.45) is 5.73 Å². The first-order valence-electron chi connectivity index (χ1n) is 11.8. The summed E-state index contributed by atoms with van der Waals surface area (Å²) in [5.74, 6) is -2.48. The largest absolute Gasteiger partial charge is 0.395 e. The molecular formula is C28H26FN5O3S. The zero-order chi connectivity index (χ0) is 27.2. The zero-order valence-electron chi connectivity index (χ0n) is 20.6. The Hall–Kier alpha value is -4.57. The molecule has 0 saturated carbocycles. The molecule has 1 aromatic heterocycles. The summed E-state index contributed by atoms with van der Waals surface area (Å²) in [7, 11) is 0. The van der Waals surface area contributed by atoms with Crippen LogP contribution in [0.3, 0.4) is 0 Å². The lowest BCUT2D eigenvalue weighted by molar-refractivity contribution is -0.122. The highest BCUT2D eigenvalue weighted by Gasteiger charge is 2.36. The monoisotopic (exact) mass is 531 g/mol. The lowest BCUT2D eigenvalue weighted by Crippen LogP contribution is -2.44. The molecule has 4 aromatic rings. The number of benzene rings is 3. The Labute approximate surface area is 223 Å². The van der Waals surface area contributed by atoms with Crippen LogP contribution in [-0.4, -0.2) is 22.1 Å². The van der Waals surface area contributed by atoms with Gasteiger partial charge in [-0.2, -0.15) is 4.37 Å². The number of halogens is 1. The third-order valence-electron chi connectivity index (χ3n) is 6.01. The van der Waals surface area contributed by atoms with Crippen molar-refractivity contribution >= 4 is 40.6 Å². The number of anilines is 2. The van der Waals surface area contributed by atoms with Gasteiger partial charge < -0.3 is 16.8 Å². The predicted molar refractivity (Wildman–Crippen MR) is 145 cm³/mol. The van der Waals surface area contributed by atoms with E-state index in [4.69, 9.17) is 11.5 Å². The Morgan fingerprint density at radius 3 is 2.29 bits per heavy atom. The molecule has 0 unspecified atom stereocenters. The summed E-state index contributed by atoms with van der Waals surface area (Å²) in [6.07, 6.45) is 0.562. The van der Waals surface area contributed by atoms with Crippen molar-refractivity contribution in [1.82, 2.24) is 9.69 Å². The van der Waals surface area contributed by atoms with Gasteiger partial charge in [-0.15, -0.1) is 0 Å².